The van der Waals surface area contributed by atoms with Crippen LogP contribution in [0.25, 0.3) is 21.8 Å². The van der Waals surface area contributed by atoms with Crippen LogP contribution in [0, 0.1) is 6.92 Å². The average Bonchev–Trinajstić information content (AvgIpc) is 2.91. The van der Waals surface area contributed by atoms with Crippen molar-refractivity contribution in [2.45, 2.75) is 33.4 Å². The molecule has 4 aromatic rings. The Morgan fingerprint density at radius 2 is 1.57 bits per heavy atom. The van der Waals surface area contributed by atoms with Crippen molar-refractivity contribution in [1.82, 2.24) is 0 Å². The van der Waals surface area contributed by atoms with Gasteiger partial charge in [0.25, 0.3) is 0 Å². The van der Waals surface area contributed by atoms with Gasteiger partial charge in [-0.25, -0.2) is 13.2 Å². The Labute approximate surface area is 233 Å². The summed E-state index contributed by atoms with van der Waals surface area (Å²) in [6.07, 6.45) is 0.127. The van der Waals surface area contributed by atoms with Crippen LogP contribution in [0.2, 0.25) is 0 Å². The van der Waals surface area contributed by atoms with Crippen LogP contribution in [0.5, 0.6) is 5.75 Å². The van der Waals surface area contributed by atoms with Gasteiger partial charge in [0.1, 0.15) is 5.75 Å². The van der Waals surface area contributed by atoms with Gasteiger partial charge in [-0.05, 0) is 43.7 Å². The SMILES string of the molecule is COCCOCc1cc(C(C)=O)cc(C)c1OC(=O)c1c2ccccc2[n+](CCCS(=O)(=O)[O-])c2ccccc12. The van der Waals surface area contributed by atoms with Crippen LogP contribution in [0.15, 0.2) is 60.7 Å². The molecular weight excluding hydrogens is 534 g/mol. The van der Waals surface area contributed by atoms with E-state index < -0.39 is 21.8 Å². The number of nitrogens with zero attached hydrogens (tertiary/aromatic N) is 1. The number of carbonyl (C=O) groups excluding carboxylic acids is 2. The zero-order chi connectivity index (χ0) is 28.9. The minimum Gasteiger partial charge on any atom is -0.748 e. The Morgan fingerprint density at radius 3 is 2.15 bits per heavy atom. The Morgan fingerprint density at radius 1 is 0.950 bits per heavy atom. The van der Waals surface area contributed by atoms with Gasteiger partial charge >= 0.3 is 5.97 Å². The van der Waals surface area contributed by atoms with E-state index in [1.54, 1.807) is 38.3 Å². The second kappa shape index (κ2) is 12.6. The first-order valence-corrected chi connectivity index (χ1v) is 14.4. The predicted octanol–water partition coefficient (Wildman–Crippen LogP) is 4.11. The number of methoxy groups -OCH3 is 1. The van der Waals surface area contributed by atoms with E-state index in [1.807, 2.05) is 41.0 Å². The van der Waals surface area contributed by atoms with E-state index >= 15 is 0 Å². The topological polar surface area (TPSA) is 123 Å². The van der Waals surface area contributed by atoms with Crippen molar-refractivity contribution >= 4 is 43.7 Å². The largest absolute Gasteiger partial charge is 0.748 e. The van der Waals surface area contributed by atoms with Gasteiger partial charge in [-0.1, -0.05) is 24.3 Å². The van der Waals surface area contributed by atoms with E-state index in [0.717, 1.165) is 0 Å². The standard InChI is InChI=1S/C30H31NO8S/c1-20-17-22(21(2)32)18-23(19-38-15-14-37-3)29(20)39-30(33)28-24-9-4-6-11-26(24)31(13-8-16-40(34,35)36)27-12-7-5-10-25(27)28/h4-7,9-12,17-18H,8,13-16,19H2,1-3H3. The summed E-state index contributed by atoms with van der Waals surface area (Å²) < 4.78 is 52.3. The van der Waals surface area contributed by atoms with Crippen LogP contribution in [-0.2, 0) is 32.7 Å². The number of rotatable bonds is 12. The molecule has 0 spiro atoms. The van der Waals surface area contributed by atoms with Crippen molar-refractivity contribution in [1.29, 1.82) is 0 Å². The number of aromatic nitrogens is 1. The van der Waals surface area contributed by atoms with Crippen LogP contribution in [0.1, 0.15) is 45.2 Å². The van der Waals surface area contributed by atoms with Crippen molar-refractivity contribution in [3.63, 3.8) is 0 Å². The second-order valence-electron chi connectivity index (χ2n) is 9.45. The van der Waals surface area contributed by atoms with E-state index in [-0.39, 0.29) is 25.4 Å². The first kappa shape index (κ1) is 29.3. The summed E-state index contributed by atoms with van der Waals surface area (Å²) in [5.74, 6) is -0.873. The summed E-state index contributed by atoms with van der Waals surface area (Å²) in [5.41, 5.74) is 3.41. The van der Waals surface area contributed by atoms with Crippen molar-refractivity contribution in [2.75, 3.05) is 26.1 Å². The first-order valence-electron chi connectivity index (χ1n) is 12.8. The van der Waals surface area contributed by atoms with Crippen molar-refractivity contribution in [3.8, 4) is 5.75 Å². The van der Waals surface area contributed by atoms with Gasteiger partial charge < -0.3 is 18.8 Å². The Bertz CT molecular complexity index is 1620. The van der Waals surface area contributed by atoms with Crippen molar-refractivity contribution in [3.05, 3.63) is 82.9 Å². The zero-order valence-electron chi connectivity index (χ0n) is 22.6. The number of ketones is 1. The molecule has 0 bridgehead atoms. The summed E-state index contributed by atoms with van der Waals surface area (Å²) in [5, 5.41) is 1.24. The molecule has 3 aromatic carbocycles. The quantitative estimate of drug-likeness (QED) is 0.0478. The number of para-hydroxylation sites is 2. The number of aryl methyl sites for hydroxylation is 2. The summed E-state index contributed by atoms with van der Waals surface area (Å²) >= 11 is 0. The highest BCUT2D eigenvalue weighted by Crippen LogP contribution is 2.31. The highest BCUT2D eigenvalue weighted by molar-refractivity contribution is 7.85. The third-order valence-electron chi connectivity index (χ3n) is 6.55. The number of Topliss-reactive ketones (excluding diaryl/α,β-unsaturated/α-hetero) is 1. The molecule has 0 aliphatic rings. The molecule has 0 atom stereocenters. The predicted molar refractivity (Wildman–Crippen MR) is 149 cm³/mol. The van der Waals surface area contributed by atoms with E-state index in [4.69, 9.17) is 14.2 Å². The van der Waals surface area contributed by atoms with Gasteiger partial charge in [0.15, 0.2) is 12.3 Å². The number of hydrogen-bond donors (Lipinski definition) is 0. The molecule has 4 rings (SSSR count). The molecule has 0 radical (unpaired) electrons. The fourth-order valence-corrected chi connectivity index (χ4v) is 5.23. The number of hydrogen-bond acceptors (Lipinski definition) is 8. The molecule has 10 heteroatoms. The van der Waals surface area contributed by atoms with Gasteiger partial charge in [-0.2, -0.15) is 4.57 Å². The summed E-state index contributed by atoms with van der Waals surface area (Å²) in [7, 11) is -2.79. The fraction of sp³-hybridized carbons (Fsp3) is 0.300. The van der Waals surface area contributed by atoms with Gasteiger partial charge in [-0.3, -0.25) is 4.79 Å². The maximum absolute atomic E-state index is 13.9. The van der Waals surface area contributed by atoms with E-state index in [0.29, 0.717) is 63.0 Å². The van der Waals surface area contributed by atoms with E-state index in [1.165, 1.54) is 6.92 Å². The molecule has 1 heterocycles. The summed E-state index contributed by atoms with van der Waals surface area (Å²) in [4.78, 5) is 26.0. The summed E-state index contributed by atoms with van der Waals surface area (Å²) in [6, 6.07) is 17.9. The maximum Gasteiger partial charge on any atom is 0.345 e. The Kier molecular flexibility index (Phi) is 9.26. The van der Waals surface area contributed by atoms with Crippen LogP contribution in [0.4, 0.5) is 0 Å². The third-order valence-corrected chi connectivity index (χ3v) is 7.34. The number of carbonyl (C=O) groups is 2. The second-order valence-corrected chi connectivity index (χ2v) is 11.0. The normalized spacial score (nSPS) is 11.7. The molecule has 0 fully saturated rings. The monoisotopic (exact) mass is 565 g/mol. The molecule has 0 N–H and O–H groups in total. The molecule has 0 amide bonds. The molecule has 0 aliphatic carbocycles. The van der Waals surface area contributed by atoms with Crippen LogP contribution >= 0.6 is 0 Å². The minimum atomic E-state index is -4.36. The molecule has 0 saturated carbocycles. The lowest BCUT2D eigenvalue weighted by molar-refractivity contribution is -0.645. The molecule has 1 aromatic heterocycles. The lowest BCUT2D eigenvalue weighted by Crippen LogP contribution is -2.37. The lowest BCUT2D eigenvalue weighted by atomic mass is 10.0. The first-order chi connectivity index (χ1) is 19.1. The average molecular weight is 566 g/mol. The fourth-order valence-electron chi connectivity index (χ4n) is 4.75. The summed E-state index contributed by atoms with van der Waals surface area (Å²) in [6.45, 7) is 4.35. The van der Waals surface area contributed by atoms with Crippen molar-refractivity contribution < 1.29 is 41.3 Å². The maximum atomic E-state index is 13.9. The van der Waals surface area contributed by atoms with Crippen molar-refractivity contribution in [2.24, 2.45) is 0 Å². The van der Waals surface area contributed by atoms with Crippen LogP contribution in [-0.4, -0.2) is 50.8 Å². The van der Waals surface area contributed by atoms with Crippen LogP contribution in [0.3, 0.4) is 0 Å². The molecule has 0 saturated heterocycles. The molecule has 210 valence electrons. The molecule has 0 aliphatic heterocycles. The smallest absolute Gasteiger partial charge is 0.345 e. The third kappa shape index (κ3) is 6.71. The van der Waals surface area contributed by atoms with E-state index in [2.05, 4.69) is 0 Å². The highest BCUT2D eigenvalue weighted by atomic mass is 32.2. The molecule has 40 heavy (non-hydrogen) atoms. The Hall–Kier alpha value is -3.70. The van der Waals surface area contributed by atoms with E-state index in [9.17, 15) is 22.6 Å². The number of benzene rings is 3. The number of esters is 1. The molecular formula is C30H31NO8S. The van der Waals surface area contributed by atoms with Gasteiger partial charge in [0.05, 0.1) is 46.3 Å². The molecule has 0 unspecified atom stereocenters. The van der Waals surface area contributed by atoms with Gasteiger partial charge in [0.2, 0.25) is 11.0 Å². The number of ether oxygens (including phenoxy) is 3. The minimum absolute atomic E-state index is 0.117. The zero-order valence-corrected chi connectivity index (χ0v) is 23.5. The van der Waals surface area contributed by atoms with Gasteiger partial charge in [0, 0.05) is 42.5 Å². The van der Waals surface area contributed by atoms with Gasteiger partial charge in [-0.15, -0.1) is 0 Å². The number of fused-ring (bicyclic) bond motifs is 2. The lowest BCUT2D eigenvalue weighted by Gasteiger charge is -2.16. The molecule has 9 nitrogen and oxygen atoms in total. The highest BCUT2D eigenvalue weighted by Gasteiger charge is 2.26. The van der Waals surface area contributed by atoms with Crippen LogP contribution < -0.4 is 9.30 Å². The Balaban J connectivity index is 1.80. The number of pyridine rings is 1.